The van der Waals surface area contributed by atoms with Gasteiger partial charge in [0.05, 0.1) is 6.20 Å². The minimum atomic E-state index is 0.224. The predicted molar refractivity (Wildman–Crippen MR) is 74.9 cm³/mol. The number of hydrogen-bond acceptors (Lipinski definition) is 5. The van der Waals surface area contributed by atoms with Crippen molar-refractivity contribution in [2.75, 3.05) is 5.73 Å². The highest BCUT2D eigenvalue weighted by atomic mass is 79.9. The van der Waals surface area contributed by atoms with Gasteiger partial charge in [-0.3, -0.25) is 0 Å². The lowest BCUT2D eigenvalue weighted by molar-refractivity contribution is 0.968. The molecule has 2 N–H and O–H groups in total. The first-order valence-corrected chi connectivity index (χ1v) is 6.87. The smallest absolute Gasteiger partial charge is 0.189 e. The van der Waals surface area contributed by atoms with Gasteiger partial charge in [0, 0.05) is 10.2 Å². The summed E-state index contributed by atoms with van der Waals surface area (Å²) < 4.78 is 1.05. The molecule has 0 amide bonds. The molecule has 0 aliphatic carbocycles. The maximum Gasteiger partial charge on any atom is 0.189 e. The van der Waals surface area contributed by atoms with Crippen molar-refractivity contribution < 1.29 is 0 Å². The van der Waals surface area contributed by atoms with Crippen LogP contribution in [-0.2, 0) is 5.75 Å². The SMILES string of the molecule is N#Cc1cnc(SCc2ccccc2Br)nc1N. The number of nitriles is 1. The topological polar surface area (TPSA) is 75.6 Å². The van der Waals surface area contributed by atoms with Gasteiger partial charge in [-0.25, -0.2) is 9.97 Å². The minimum Gasteiger partial charge on any atom is -0.382 e. The first kappa shape index (κ1) is 12.9. The standard InChI is InChI=1S/C12H9BrN4S/c13-10-4-2-1-3-8(10)7-18-12-16-6-9(5-14)11(15)17-12/h1-4,6H,7H2,(H2,15,16,17). The normalized spacial score (nSPS) is 10.0. The molecule has 4 nitrogen and oxygen atoms in total. The average molecular weight is 321 g/mol. The largest absolute Gasteiger partial charge is 0.382 e. The molecule has 2 rings (SSSR count). The lowest BCUT2D eigenvalue weighted by atomic mass is 10.2. The zero-order chi connectivity index (χ0) is 13.0. The highest BCUT2D eigenvalue weighted by Crippen LogP contribution is 2.25. The van der Waals surface area contributed by atoms with Gasteiger partial charge in [-0.15, -0.1) is 0 Å². The molecule has 0 radical (unpaired) electrons. The molecule has 1 aromatic carbocycles. The molecule has 0 aliphatic rings. The summed E-state index contributed by atoms with van der Waals surface area (Å²) in [6, 6.07) is 9.91. The van der Waals surface area contributed by atoms with Gasteiger partial charge in [0.1, 0.15) is 17.5 Å². The molecule has 18 heavy (non-hydrogen) atoms. The van der Waals surface area contributed by atoms with Crippen molar-refractivity contribution in [1.82, 2.24) is 9.97 Å². The molecule has 0 atom stereocenters. The summed E-state index contributed by atoms with van der Waals surface area (Å²) in [7, 11) is 0. The number of thioether (sulfide) groups is 1. The van der Waals surface area contributed by atoms with Crippen LogP contribution in [0.25, 0.3) is 0 Å². The third-order valence-corrected chi connectivity index (χ3v) is 3.92. The van der Waals surface area contributed by atoms with E-state index >= 15 is 0 Å². The summed E-state index contributed by atoms with van der Waals surface area (Å²) in [5.41, 5.74) is 7.10. The molecular weight excluding hydrogens is 312 g/mol. The zero-order valence-corrected chi connectivity index (χ0v) is 11.7. The van der Waals surface area contributed by atoms with E-state index in [1.807, 2.05) is 30.3 Å². The summed E-state index contributed by atoms with van der Waals surface area (Å²) in [5, 5.41) is 9.30. The maximum atomic E-state index is 8.73. The van der Waals surface area contributed by atoms with E-state index in [9.17, 15) is 0 Å². The van der Waals surface area contributed by atoms with Crippen LogP contribution >= 0.6 is 27.7 Å². The fraction of sp³-hybridized carbons (Fsp3) is 0.0833. The minimum absolute atomic E-state index is 0.224. The monoisotopic (exact) mass is 320 g/mol. The van der Waals surface area contributed by atoms with Crippen LogP contribution in [0.1, 0.15) is 11.1 Å². The van der Waals surface area contributed by atoms with Gasteiger partial charge in [0.15, 0.2) is 5.16 Å². The summed E-state index contributed by atoms with van der Waals surface area (Å²) in [6.45, 7) is 0. The van der Waals surface area contributed by atoms with Gasteiger partial charge in [0.2, 0.25) is 0 Å². The molecule has 90 valence electrons. The van der Waals surface area contributed by atoms with E-state index in [-0.39, 0.29) is 5.82 Å². The van der Waals surface area contributed by atoms with E-state index in [2.05, 4.69) is 25.9 Å². The van der Waals surface area contributed by atoms with Gasteiger partial charge in [0.25, 0.3) is 0 Å². The summed E-state index contributed by atoms with van der Waals surface area (Å²) in [5.74, 6) is 0.967. The predicted octanol–water partition coefficient (Wildman–Crippen LogP) is 2.99. The molecule has 1 heterocycles. The Morgan fingerprint density at radius 3 is 2.83 bits per heavy atom. The van der Waals surface area contributed by atoms with E-state index in [4.69, 9.17) is 11.0 Å². The third-order valence-electron chi connectivity index (χ3n) is 2.23. The molecule has 0 fully saturated rings. The second-order valence-corrected chi connectivity index (χ2v) is 5.24. The number of nitrogen functional groups attached to an aromatic ring is 1. The van der Waals surface area contributed by atoms with Crippen molar-refractivity contribution in [3.8, 4) is 6.07 Å². The van der Waals surface area contributed by atoms with Gasteiger partial charge in [-0.1, -0.05) is 45.9 Å². The van der Waals surface area contributed by atoms with Crippen molar-refractivity contribution in [3.05, 3.63) is 46.1 Å². The second-order valence-electron chi connectivity index (χ2n) is 3.44. The fourth-order valence-corrected chi connectivity index (χ4v) is 2.73. The number of nitrogens with two attached hydrogens (primary N) is 1. The first-order chi connectivity index (χ1) is 8.70. The van der Waals surface area contributed by atoms with Crippen LogP contribution in [0.2, 0.25) is 0 Å². The quantitative estimate of drug-likeness (QED) is 0.695. The number of nitrogens with zero attached hydrogens (tertiary/aromatic N) is 3. The Hall–Kier alpha value is -1.58. The highest BCUT2D eigenvalue weighted by molar-refractivity contribution is 9.10. The number of anilines is 1. The Labute approximate surface area is 117 Å². The number of halogens is 1. The van der Waals surface area contributed by atoms with E-state index in [0.29, 0.717) is 10.7 Å². The van der Waals surface area contributed by atoms with Crippen molar-refractivity contribution in [1.29, 1.82) is 5.26 Å². The van der Waals surface area contributed by atoms with Gasteiger partial charge in [-0.2, -0.15) is 5.26 Å². The zero-order valence-electron chi connectivity index (χ0n) is 9.30. The van der Waals surface area contributed by atoms with Gasteiger partial charge >= 0.3 is 0 Å². The molecule has 2 aromatic rings. The molecule has 0 saturated heterocycles. The van der Waals surface area contributed by atoms with Crippen LogP contribution in [0, 0.1) is 11.3 Å². The third kappa shape index (κ3) is 3.00. The van der Waals surface area contributed by atoms with E-state index in [1.165, 1.54) is 18.0 Å². The molecule has 0 saturated carbocycles. The van der Waals surface area contributed by atoms with Crippen LogP contribution in [0.5, 0.6) is 0 Å². The van der Waals surface area contributed by atoms with Crippen molar-refractivity contribution >= 4 is 33.5 Å². The van der Waals surface area contributed by atoms with Crippen LogP contribution < -0.4 is 5.73 Å². The Kier molecular flexibility index (Phi) is 4.18. The molecule has 0 bridgehead atoms. The van der Waals surface area contributed by atoms with Crippen LogP contribution in [-0.4, -0.2) is 9.97 Å². The van der Waals surface area contributed by atoms with Crippen LogP contribution in [0.15, 0.2) is 40.1 Å². The number of benzene rings is 1. The van der Waals surface area contributed by atoms with Crippen LogP contribution in [0.3, 0.4) is 0 Å². The van der Waals surface area contributed by atoms with Gasteiger partial charge < -0.3 is 5.73 Å². The van der Waals surface area contributed by atoms with Crippen LogP contribution in [0.4, 0.5) is 5.82 Å². The molecule has 0 aliphatic heterocycles. The summed E-state index contributed by atoms with van der Waals surface area (Å²) in [4.78, 5) is 8.17. The Morgan fingerprint density at radius 2 is 2.17 bits per heavy atom. The van der Waals surface area contributed by atoms with Crippen molar-refractivity contribution in [2.24, 2.45) is 0 Å². The molecule has 6 heteroatoms. The fourth-order valence-electron chi connectivity index (χ4n) is 1.29. The van der Waals surface area contributed by atoms with Crippen molar-refractivity contribution in [2.45, 2.75) is 10.9 Å². The van der Waals surface area contributed by atoms with Gasteiger partial charge in [-0.05, 0) is 11.6 Å². The number of hydrogen-bond donors (Lipinski definition) is 1. The second kappa shape index (κ2) is 5.85. The molecule has 0 unspecified atom stereocenters. The van der Waals surface area contributed by atoms with Crippen molar-refractivity contribution in [3.63, 3.8) is 0 Å². The summed E-state index contributed by atoms with van der Waals surface area (Å²) in [6.07, 6.45) is 1.45. The average Bonchev–Trinajstić information content (AvgIpc) is 2.38. The van der Waals surface area contributed by atoms with E-state index < -0.39 is 0 Å². The molecule has 1 aromatic heterocycles. The van der Waals surface area contributed by atoms with E-state index in [1.54, 1.807) is 0 Å². The Morgan fingerprint density at radius 1 is 1.39 bits per heavy atom. The highest BCUT2D eigenvalue weighted by Gasteiger charge is 2.05. The number of rotatable bonds is 3. The molecular formula is C12H9BrN4S. The maximum absolute atomic E-state index is 8.73. The number of aromatic nitrogens is 2. The lowest BCUT2D eigenvalue weighted by Crippen LogP contribution is -1.98. The Balaban J connectivity index is 2.10. The lowest BCUT2D eigenvalue weighted by Gasteiger charge is -2.04. The molecule has 0 spiro atoms. The first-order valence-electron chi connectivity index (χ1n) is 5.09. The summed E-state index contributed by atoms with van der Waals surface area (Å²) >= 11 is 4.96. The van der Waals surface area contributed by atoms with E-state index in [0.717, 1.165) is 15.8 Å². The Bertz CT molecular complexity index is 609.